The van der Waals surface area contributed by atoms with E-state index in [0.717, 1.165) is 0 Å². The van der Waals surface area contributed by atoms with E-state index in [1.165, 1.54) is 13.8 Å². The molecule has 0 saturated carbocycles. The molecule has 0 aromatic carbocycles. The monoisotopic (exact) mass is 270 g/mol. The third-order valence-corrected chi connectivity index (χ3v) is 2.62. The number of halogens is 4. The van der Waals surface area contributed by atoms with Crippen LogP contribution in [0.1, 0.15) is 13.8 Å². The molecule has 0 aliphatic rings. The molecule has 7 heteroatoms. The number of hydrogen-bond donors (Lipinski definition) is 2. The molecule has 0 amide bonds. The topological polar surface area (TPSA) is 49.7 Å². The van der Waals surface area contributed by atoms with Crippen LogP contribution in [-0.4, -0.2) is 31.5 Å². The summed E-state index contributed by atoms with van der Waals surface area (Å²) in [5.41, 5.74) is 0. The lowest BCUT2D eigenvalue weighted by Gasteiger charge is -2.28. The van der Waals surface area contributed by atoms with Gasteiger partial charge in [-0.05, 0) is 13.8 Å². The van der Waals surface area contributed by atoms with E-state index in [1.54, 1.807) is 0 Å². The predicted octanol–water partition coefficient (Wildman–Crippen LogP) is 2.03. The van der Waals surface area contributed by atoms with Gasteiger partial charge in [-0.2, -0.15) is 0 Å². The molecule has 0 heterocycles. The van der Waals surface area contributed by atoms with Crippen LogP contribution < -0.4 is 0 Å². The maximum Gasteiger partial charge on any atom is 0.241 e. The summed E-state index contributed by atoms with van der Waals surface area (Å²) in [5.74, 6) is 0. The molecule has 0 bridgehead atoms. The Labute approximate surface area is 96.5 Å². The molecule has 0 radical (unpaired) electrons. The minimum absolute atomic E-state index is 0.935. The highest BCUT2D eigenvalue weighted by Gasteiger charge is 2.36. The van der Waals surface area contributed by atoms with Crippen molar-refractivity contribution >= 4 is 46.4 Å². The Morgan fingerprint density at radius 3 is 1.31 bits per heavy atom. The van der Waals surface area contributed by atoms with Gasteiger partial charge in [0.25, 0.3) is 0 Å². The molecule has 2 N–H and O–H groups in total. The molecule has 2 atom stereocenters. The summed E-state index contributed by atoms with van der Waals surface area (Å²) in [4.78, 5) is 0. The zero-order valence-electron chi connectivity index (χ0n) is 6.97. The minimum Gasteiger partial charge on any atom is -0.364 e. The van der Waals surface area contributed by atoms with Crippen LogP contribution in [0.2, 0.25) is 0 Å². The van der Waals surface area contributed by atoms with Crippen molar-refractivity contribution in [1.82, 2.24) is 0 Å². The molecule has 0 spiro atoms. The lowest BCUT2D eigenvalue weighted by atomic mass is 10.3. The van der Waals surface area contributed by atoms with E-state index < -0.39 is 21.2 Å². The molecule has 0 aliphatic carbocycles. The number of hydrogen-bond acceptors (Lipinski definition) is 3. The second-order valence-electron chi connectivity index (χ2n) is 2.60. The molecular formula is C6H10Cl4O3. The van der Waals surface area contributed by atoms with Crippen molar-refractivity contribution in [1.29, 1.82) is 0 Å². The van der Waals surface area contributed by atoms with Gasteiger partial charge in [-0.15, -0.1) is 0 Å². The molecule has 0 saturated heterocycles. The Hall–Kier alpha value is 1.04. The third kappa shape index (κ3) is 5.47. The summed E-state index contributed by atoms with van der Waals surface area (Å²) in [7, 11) is 0. The highest BCUT2D eigenvalue weighted by Crippen LogP contribution is 2.29. The highest BCUT2D eigenvalue weighted by atomic mass is 35.5. The average molecular weight is 272 g/mol. The van der Waals surface area contributed by atoms with Crippen molar-refractivity contribution < 1.29 is 14.9 Å². The molecule has 0 rings (SSSR count). The quantitative estimate of drug-likeness (QED) is 0.770. The Morgan fingerprint density at radius 1 is 0.923 bits per heavy atom. The van der Waals surface area contributed by atoms with E-state index >= 15 is 0 Å². The lowest BCUT2D eigenvalue weighted by molar-refractivity contribution is -0.0854. The molecule has 80 valence electrons. The van der Waals surface area contributed by atoms with Crippen LogP contribution in [0.5, 0.6) is 0 Å². The molecular weight excluding hydrogens is 262 g/mol. The van der Waals surface area contributed by atoms with Gasteiger partial charge < -0.3 is 14.9 Å². The molecule has 0 fully saturated rings. The van der Waals surface area contributed by atoms with Gasteiger partial charge in [0, 0.05) is 0 Å². The maximum absolute atomic E-state index is 9.04. The first-order chi connectivity index (χ1) is 5.55. The van der Waals surface area contributed by atoms with Crippen molar-refractivity contribution in [2.75, 3.05) is 0 Å². The second-order valence-corrected chi connectivity index (χ2v) is 5.29. The van der Waals surface area contributed by atoms with Crippen molar-refractivity contribution in [3.8, 4) is 0 Å². The summed E-state index contributed by atoms with van der Waals surface area (Å²) in [5, 5.41) is 18.1. The van der Waals surface area contributed by atoms with Crippen molar-refractivity contribution in [2.45, 2.75) is 35.1 Å². The third-order valence-electron chi connectivity index (χ3n) is 1.39. The Kier molecular flexibility index (Phi) is 5.08. The van der Waals surface area contributed by atoms with E-state index in [9.17, 15) is 0 Å². The number of ether oxygens (including phenoxy) is 1. The first-order valence-electron chi connectivity index (χ1n) is 3.41. The van der Waals surface area contributed by atoms with Gasteiger partial charge >= 0.3 is 0 Å². The van der Waals surface area contributed by atoms with E-state index in [4.69, 9.17) is 61.4 Å². The van der Waals surface area contributed by atoms with Gasteiger partial charge in [-0.3, -0.25) is 0 Å². The van der Waals surface area contributed by atoms with Gasteiger partial charge in [0.1, 0.15) is 12.2 Å². The van der Waals surface area contributed by atoms with Crippen molar-refractivity contribution in [3.63, 3.8) is 0 Å². The molecule has 0 aromatic heterocycles. The van der Waals surface area contributed by atoms with Crippen molar-refractivity contribution in [3.05, 3.63) is 0 Å². The fourth-order valence-corrected chi connectivity index (χ4v) is 0.676. The van der Waals surface area contributed by atoms with Gasteiger partial charge in [0.15, 0.2) is 0 Å². The SMILES string of the molecule is CC(OC(C)C(O)(Cl)Cl)C(O)(Cl)Cl. The van der Waals surface area contributed by atoms with Crippen LogP contribution in [0, 0.1) is 0 Å². The zero-order valence-corrected chi connectivity index (χ0v) is 9.99. The number of alkyl halides is 4. The van der Waals surface area contributed by atoms with Crippen LogP contribution in [-0.2, 0) is 4.74 Å². The summed E-state index contributed by atoms with van der Waals surface area (Å²) < 4.78 is 0.855. The standard InChI is InChI=1S/C6H10Cl4O3/c1-3(5(7,8)11)13-4(2)6(9,10)12/h3-4,11-12H,1-2H3. The van der Waals surface area contributed by atoms with Gasteiger partial charge in [0.05, 0.1) is 0 Å². The van der Waals surface area contributed by atoms with E-state index in [-0.39, 0.29) is 0 Å². The smallest absolute Gasteiger partial charge is 0.241 e. The normalized spacial score (nSPS) is 18.5. The van der Waals surface area contributed by atoms with Crippen LogP contribution >= 0.6 is 46.4 Å². The predicted molar refractivity (Wildman–Crippen MR) is 53.3 cm³/mol. The first kappa shape index (κ1) is 14.0. The van der Waals surface area contributed by atoms with Crippen LogP contribution in [0.25, 0.3) is 0 Å². The molecule has 13 heavy (non-hydrogen) atoms. The first-order valence-corrected chi connectivity index (χ1v) is 4.92. The van der Waals surface area contributed by atoms with Crippen LogP contribution in [0.3, 0.4) is 0 Å². The number of aliphatic hydroxyl groups is 2. The Balaban J connectivity index is 4.15. The highest BCUT2D eigenvalue weighted by molar-refractivity contribution is 6.48. The minimum atomic E-state index is -2.05. The van der Waals surface area contributed by atoms with Gasteiger partial charge in [-0.25, -0.2) is 0 Å². The van der Waals surface area contributed by atoms with E-state index in [2.05, 4.69) is 0 Å². The van der Waals surface area contributed by atoms with E-state index in [0.29, 0.717) is 0 Å². The fourth-order valence-electron chi connectivity index (χ4n) is 0.470. The summed E-state index contributed by atoms with van der Waals surface area (Å²) in [6.07, 6.45) is -1.87. The summed E-state index contributed by atoms with van der Waals surface area (Å²) in [6, 6.07) is 0. The van der Waals surface area contributed by atoms with E-state index in [1.807, 2.05) is 0 Å². The largest absolute Gasteiger partial charge is 0.364 e. The molecule has 2 unspecified atom stereocenters. The maximum atomic E-state index is 9.04. The van der Waals surface area contributed by atoms with Gasteiger partial charge in [0.2, 0.25) is 9.04 Å². The van der Waals surface area contributed by atoms with Crippen LogP contribution in [0.15, 0.2) is 0 Å². The molecule has 0 aliphatic heterocycles. The lowest BCUT2D eigenvalue weighted by Crippen LogP contribution is -2.39. The molecule has 0 aromatic rings. The zero-order chi connectivity index (χ0) is 10.9. The van der Waals surface area contributed by atoms with Crippen LogP contribution in [0.4, 0.5) is 0 Å². The summed E-state index contributed by atoms with van der Waals surface area (Å²) >= 11 is 21.2. The van der Waals surface area contributed by atoms with Gasteiger partial charge in [-0.1, -0.05) is 46.4 Å². The average Bonchev–Trinajstić information content (AvgIpc) is 1.82. The second kappa shape index (κ2) is 4.71. The number of rotatable bonds is 4. The summed E-state index contributed by atoms with van der Waals surface area (Å²) in [6.45, 7) is 2.83. The Morgan fingerprint density at radius 2 is 1.15 bits per heavy atom. The fraction of sp³-hybridized carbons (Fsp3) is 1.00. The molecule has 3 nitrogen and oxygen atoms in total. The van der Waals surface area contributed by atoms with Crippen molar-refractivity contribution in [2.24, 2.45) is 0 Å². The Bertz CT molecular complexity index is 144.